The SMILES string of the molecule is CC(C)C[C@H](NC(=O)[C@H](N)C(C)C)C(=O)N[C@@H](CCCCN)C(=O)Nc1ccc(COC(=O)Nc2ccc(C(=O)N3CCc4cc(S(=O)(=O)N5C[C@@H](c6ccccc6)NC5=O)ccc43)cc2)cc1.[Cl-]. The molecule has 0 bridgehead atoms. The quantitative estimate of drug-likeness (QED) is 0.0632. The summed E-state index contributed by atoms with van der Waals surface area (Å²) < 4.78 is 33.4. The van der Waals surface area contributed by atoms with Crippen molar-refractivity contribution in [3.63, 3.8) is 0 Å². The zero-order valence-electron chi connectivity index (χ0n) is 39.1. The van der Waals surface area contributed by atoms with Crippen molar-refractivity contribution < 1.29 is 54.3 Å². The van der Waals surface area contributed by atoms with Crippen LogP contribution in [0.25, 0.3) is 0 Å². The number of nitrogens with two attached hydrogens (primary N) is 2. The summed E-state index contributed by atoms with van der Waals surface area (Å²) in [5, 5.41) is 13.8. The Hall–Kier alpha value is -6.54. The van der Waals surface area contributed by atoms with E-state index in [1.165, 1.54) is 12.1 Å². The maximum Gasteiger partial charge on any atom is 0.411 e. The fourth-order valence-corrected chi connectivity index (χ4v) is 9.25. The molecule has 0 unspecified atom stereocenters. The molecule has 0 radical (unpaired) electrons. The van der Waals surface area contributed by atoms with Crippen LogP contribution < -0.4 is 55.4 Å². The lowest BCUT2D eigenvalue weighted by atomic mass is 10.00. The molecule has 0 aromatic heterocycles. The first-order valence-electron chi connectivity index (χ1n) is 22.8. The molecule has 1 fully saturated rings. The number of unbranched alkanes of at least 4 members (excludes halogenated alkanes) is 1. The number of hydrogen-bond donors (Lipinski definition) is 7. The molecular formula is C49H61ClN9O9S-. The van der Waals surface area contributed by atoms with Crippen molar-refractivity contribution in [3.8, 4) is 0 Å². The van der Waals surface area contributed by atoms with Crippen LogP contribution in [0.1, 0.15) is 86.5 Å². The van der Waals surface area contributed by atoms with E-state index in [0.717, 1.165) is 9.87 Å². The predicted octanol–water partition coefficient (Wildman–Crippen LogP) is 2.16. The molecule has 2 aliphatic heterocycles. The molecule has 1 saturated heterocycles. The minimum Gasteiger partial charge on any atom is -1.00 e. The van der Waals surface area contributed by atoms with Crippen molar-refractivity contribution in [2.45, 2.75) is 95.5 Å². The minimum atomic E-state index is -4.17. The largest absolute Gasteiger partial charge is 1.00 e. The highest BCUT2D eigenvalue weighted by molar-refractivity contribution is 7.89. The van der Waals surface area contributed by atoms with Crippen LogP contribution in [-0.2, 0) is 42.2 Å². The van der Waals surface area contributed by atoms with E-state index in [4.69, 9.17) is 16.2 Å². The van der Waals surface area contributed by atoms with Crippen molar-refractivity contribution in [1.29, 1.82) is 0 Å². The van der Waals surface area contributed by atoms with Gasteiger partial charge in [-0.1, -0.05) is 70.2 Å². The molecule has 2 heterocycles. The van der Waals surface area contributed by atoms with Crippen LogP contribution in [0.15, 0.2) is 102 Å². The summed E-state index contributed by atoms with van der Waals surface area (Å²) in [7, 11) is -4.17. The number of urea groups is 1. The van der Waals surface area contributed by atoms with Gasteiger partial charge in [-0.25, -0.2) is 22.3 Å². The van der Waals surface area contributed by atoms with Crippen molar-refractivity contribution in [3.05, 3.63) is 119 Å². The van der Waals surface area contributed by atoms with Crippen LogP contribution in [-0.4, -0.2) is 86.2 Å². The van der Waals surface area contributed by atoms with Crippen LogP contribution in [0.2, 0.25) is 0 Å². The summed E-state index contributed by atoms with van der Waals surface area (Å²) in [5.41, 5.74) is 15.6. The van der Waals surface area contributed by atoms with Gasteiger partial charge in [0.15, 0.2) is 0 Å². The third-order valence-corrected chi connectivity index (χ3v) is 13.5. The Labute approximate surface area is 409 Å². The lowest BCUT2D eigenvalue weighted by molar-refractivity contribution is -0.132. The Kier molecular flexibility index (Phi) is 18.7. The van der Waals surface area contributed by atoms with Gasteiger partial charge in [-0.3, -0.25) is 24.5 Å². The molecule has 4 aromatic carbocycles. The van der Waals surface area contributed by atoms with Crippen molar-refractivity contribution >= 4 is 62.8 Å². The third-order valence-electron chi connectivity index (χ3n) is 11.8. The van der Waals surface area contributed by atoms with Crippen LogP contribution in [0.3, 0.4) is 0 Å². The van der Waals surface area contributed by atoms with Gasteiger partial charge in [0.1, 0.15) is 18.7 Å². The Bertz CT molecular complexity index is 2570. The van der Waals surface area contributed by atoms with Gasteiger partial charge in [0.25, 0.3) is 15.9 Å². The fourth-order valence-electron chi connectivity index (χ4n) is 7.85. The lowest BCUT2D eigenvalue weighted by Gasteiger charge is -2.26. The second kappa shape index (κ2) is 24.1. The number of rotatable bonds is 20. The average Bonchev–Trinajstić information content (AvgIpc) is 3.94. The number of fused-ring (bicyclic) bond motifs is 1. The number of carbonyl (C=O) groups is 6. The lowest BCUT2D eigenvalue weighted by Crippen LogP contribution is -3.00. The van der Waals surface area contributed by atoms with Gasteiger partial charge in [0.05, 0.1) is 23.5 Å². The number of benzene rings is 4. The number of anilines is 3. The number of nitrogens with zero attached hydrogens (tertiary/aromatic N) is 2. The molecule has 9 N–H and O–H groups in total. The molecule has 69 heavy (non-hydrogen) atoms. The van der Waals surface area contributed by atoms with Gasteiger partial charge < -0.3 is 54.8 Å². The number of nitrogens with one attached hydrogen (secondary N) is 5. The Morgan fingerprint density at radius 1 is 0.812 bits per heavy atom. The van der Waals surface area contributed by atoms with E-state index in [0.29, 0.717) is 78.9 Å². The van der Waals surface area contributed by atoms with Crippen LogP contribution in [0, 0.1) is 11.8 Å². The van der Waals surface area contributed by atoms with Gasteiger partial charge in [-0.05, 0) is 122 Å². The first-order chi connectivity index (χ1) is 32.4. The van der Waals surface area contributed by atoms with Crippen molar-refractivity contribution in [2.24, 2.45) is 23.3 Å². The van der Waals surface area contributed by atoms with Gasteiger partial charge in [0, 0.05) is 29.2 Å². The molecule has 0 saturated carbocycles. The number of carbonyl (C=O) groups excluding carboxylic acids is 6. The fraction of sp³-hybridized carbons (Fsp3) is 0.388. The van der Waals surface area contributed by atoms with E-state index in [1.807, 2.05) is 58.0 Å². The average molecular weight is 988 g/mol. The third kappa shape index (κ3) is 13.8. The first kappa shape index (κ1) is 53.4. The summed E-state index contributed by atoms with van der Waals surface area (Å²) >= 11 is 0. The zero-order chi connectivity index (χ0) is 49.1. The second-order valence-electron chi connectivity index (χ2n) is 17.7. The number of halogens is 1. The standard InChI is InChI=1S/C49H61N9O9S.ClH/c1-30(2)26-40(55-46(61)43(51)31(3)4)45(60)54-39(12-8-9-24-50)44(59)52-36-17-13-32(14-18-36)29-67-49(64)53-37-19-15-34(16-20-37)47(62)57-25-23-35-27-38(21-22-42(35)57)68(65,66)58-28-41(56-48(58)63)33-10-6-5-7-11-33;/h5-7,10-11,13-22,27,30-31,39-41,43H,8-9,12,23-26,28-29,50-51H2,1-4H3,(H,52,59)(H,53,64)(H,54,60)(H,55,61)(H,56,63);1H/p-1/t39-,40-,41-,43+;/m0./s1. The van der Waals surface area contributed by atoms with E-state index in [-0.39, 0.29) is 48.2 Å². The van der Waals surface area contributed by atoms with Crippen LogP contribution >= 0.6 is 0 Å². The molecular weight excluding hydrogens is 926 g/mol. The van der Waals surface area contributed by atoms with Crippen molar-refractivity contribution in [2.75, 3.05) is 35.2 Å². The molecule has 20 heteroatoms. The maximum atomic E-state index is 13.6. The summed E-state index contributed by atoms with van der Waals surface area (Å²) in [5.74, 6) is -1.74. The van der Waals surface area contributed by atoms with Gasteiger partial charge in [0.2, 0.25) is 17.7 Å². The molecule has 4 atom stereocenters. The highest BCUT2D eigenvalue weighted by Crippen LogP contribution is 2.34. The normalized spacial score (nSPS) is 15.6. The van der Waals surface area contributed by atoms with E-state index in [2.05, 4.69) is 26.6 Å². The summed E-state index contributed by atoms with van der Waals surface area (Å²) in [6.45, 7) is 8.11. The molecule has 7 amide bonds. The van der Waals surface area contributed by atoms with Gasteiger partial charge in [-0.15, -0.1) is 0 Å². The molecule has 0 spiro atoms. The number of amides is 7. The number of sulfonamides is 1. The highest BCUT2D eigenvalue weighted by Gasteiger charge is 2.39. The summed E-state index contributed by atoms with van der Waals surface area (Å²) in [4.78, 5) is 80.4. The second-order valence-corrected chi connectivity index (χ2v) is 19.6. The van der Waals surface area contributed by atoms with Crippen LogP contribution in [0.5, 0.6) is 0 Å². The molecule has 4 aromatic rings. The first-order valence-corrected chi connectivity index (χ1v) is 24.2. The van der Waals surface area contributed by atoms with E-state index < -0.39 is 64.0 Å². The predicted molar refractivity (Wildman–Crippen MR) is 258 cm³/mol. The maximum absolute atomic E-state index is 13.6. The smallest absolute Gasteiger partial charge is 0.411 e. The molecule has 2 aliphatic rings. The van der Waals surface area contributed by atoms with Crippen LogP contribution in [0.4, 0.5) is 26.7 Å². The van der Waals surface area contributed by atoms with E-state index in [9.17, 15) is 37.2 Å². The highest BCUT2D eigenvalue weighted by atomic mass is 35.5. The molecule has 6 rings (SSSR count). The molecule has 18 nitrogen and oxygen atoms in total. The monoisotopic (exact) mass is 986 g/mol. The number of hydrogen-bond acceptors (Lipinski definition) is 11. The number of ether oxygens (including phenoxy) is 1. The summed E-state index contributed by atoms with van der Waals surface area (Å²) in [6.07, 6.45) is 1.59. The topological polar surface area (TPSA) is 264 Å². The minimum absolute atomic E-state index is 0. The Morgan fingerprint density at radius 2 is 1.46 bits per heavy atom. The molecule has 370 valence electrons. The van der Waals surface area contributed by atoms with Gasteiger partial charge in [-0.2, -0.15) is 0 Å². The molecule has 0 aliphatic carbocycles. The zero-order valence-corrected chi connectivity index (χ0v) is 40.6. The Balaban J connectivity index is 0.00000888. The summed E-state index contributed by atoms with van der Waals surface area (Å²) in [6, 6.07) is 22.8. The Morgan fingerprint density at radius 3 is 2.12 bits per heavy atom. The van der Waals surface area contributed by atoms with E-state index in [1.54, 1.807) is 59.5 Å². The van der Waals surface area contributed by atoms with E-state index >= 15 is 0 Å². The van der Waals surface area contributed by atoms with Crippen molar-refractivity contribution in [1.82, 2.24) is 20.3 Å². The van der Waals surface area contributed by atoms with Gasteiger partial charge >= 0.3 is 12.1 Å².